The minimum Gasteiger partial charge on any atom is -0.380 e. The Balaban J connectivity index is 1.64. The number of pyridine rings is 1. The van der Waals surface area contributed by atoms with Gasteiger partial charge in [0.05, 0.1) is 19.4 Å². The molecule has 0 aliphatic carbocycles. The molecule has 0 unspecified atom stereocenters. The van der Waals surface area contributed by atoms with E-state index in [0.717, 1.165) is 45.0 Å². The normalized spacial score (nSPS) is 18.7. The summed E-state index contributed by atoms with van der Waals surface area (Å²) in [7, 11) is 3.55. The highest BCUT2D eigenvalue weighted by molar-refractivity contribution is 5.91. The van der Waals surface area contributed by atoms with Crippen molar-refractivity contribution in [2.45, 2.75) is 13.0 Å². The summed E-state index contributed by atoms with van der Waals surface area (Å²) in [5.41, 5.74) is 2.60. The Morgan fingerprint density at radius 2 is 2.32 bits per heavy atom. The van der Waals surface area contributed by atoms with E-state index >= 15 is 0 Å². The van der Waals surface area contributed by atoms with Gasteiger partial charge in [-0.15, -0.1) is 0 Å². The number of nitrogens with zero attached hydrogens (tertiary/aromatic N) is 4. The van der Waals surface area contributed by atoms with Crippen LogP contribution in [0.1, 0.15) is 21.7 Å². The highest BCUT2D eigenvalue weighted by Crippen LogP contribution is 2.15. The Kier molecular flexibility index (Phi) is 5.78. The van der Waals surface area contributed by atoms with E-state index in [2.05, 4.69) is 26.5 Å². The quantitative estimate of drug-likeness (QED) is 0.872. The van der Waals surface area contributed by atoms with E-state index in [0.29, 0.717) is 11.6 Å². The molecule has 1 saturated heterocycles. The molecule has 0 spiro atoms. The van der Waals surface area contributed by atoms with Crippen molar-refractivity contribution in [2.24, 2.45) is 13.0 Å². The van der Waals surface area contributed by atoms with E-state index in [9.17, 15) is 4.79 Å². The van der Waals surface area contributed by atoms with Gasteiger partial charge in [0.1, 0.15) is 5.69 Å². The lowest BCUT2D eigenvalue weighted by Gasteiger charge is -2.22. The second-order valence-electron chi connectivity index (χ2n) is 6.50. The van der Waals surface area contributed by atoms with Crippen LogP contribution in [0.5, 0.6) is 0 Å². The first-order valence-corrected chi connectivity index (χ1v) is 8.59. The van der Waals surface area contributed by atoms with E-state index < -0.39 is 0 Å². The molecule has 1 N–H and O–H groups in total. The average molecular weight is 343 g/mol. The molecule has 7 heteroatoms. The third kappa shape index (κ3) is 4.87. The molecule has 25 heavy (non-hydrogen) atoms. The molecule has 1 atom stereocenters. The monoisotopic (exact) mass is 343 g/mol. The molecule has 0 aromatic carbocycles. The van der Waals surface area contributed by atoms with Crippen molar-refractivity contribution >= 4 is 5.91 Å². The molecule has 1 amide bonds. The predicted molar refractivity (Wildman–Crippen MR) is 94.1 cm³/mol. The fourth-order valence-corrected chi connectivity index (χ4v) is 3.18. The number of ether oxygens (including phenoxy) is 1. The van der Waals surface area contributed by atoms with Crippen molar-refractivity contribution in [3.63, 3.8) is 0 Å². The van der Waals surface area contributed by atoms with Gasteiger partial charge in [-0.1, -0.05) is 6.07 Å². The molecule has 3 heterocycles. The maximum atomic E-state index is 11.8. The molecule has 2 aromatic heterocycles. The zero-order valence-electron chi connectivity index (χ0n) is 14.8. The van der Waals surface area contributed by atoms with E-state index in [1.165, 1.54) is 5.56 Å². The van der Waals surface area contributed by atoms with Gasteiger partial charge in [0.2, 0.25) is 0 Å². The lowest BCUT2D eigenvalue weighted by molar-refractivity contribution is 0.0957. The van der Waals surface area contributed by atoms with Gasteiger partial charge in [0.15, 0.2) is 0 Å². The smallest absolute Gasteiger partial charge is 0.269 e. The summed E-state index contributed by atoms with van der Waals surface area (Å²) in [6.07, 6.45) is 4.76. The maximum absolute atomic E-state index is 11.8. The highest BCUT2D eigenvalue weighted by Gasteiger charge is 2.20. The Labute approximate surface area is 148 Å². The van der Waals surface area contributed by atoms with Crippen LogP contribution in [0.3, 0.4) is 0 Å². The van der Waals surface area contributed by atoms with Crippen molar-refractivity contribution in [1.29, 1.82) is 0 Å². The number of rotatable bonds is 5. The summed E-state index contributed by atoms with van der Waals surface area (Å²) < 4.78 is 7.61. The summed E-state index contributed by atoms with van der Waals surface area (Å²) in [5, 5.41) is 6.85. The molecule has 0 radical (unpaired) electrons. The molecule has 134 valence electrons. The van der Waals surface area contributed by atoms with Crippen LogP contribution in [0.2, 0.25) is 0 Å². The largest absolute Gasteiger partial charge is 0.380 e. The van der Waals surface area contributed by atoms with Crippen molar-refractivity contribution in [1.82, 2.24) is 25.0 Å². The Morgan fingerprint density at radius 1 is 1.44 bits per heavy atom. The third-order valence-corrected chi connectivity index (χ3v) is 4.35. The van der Waals surface area contributed by atoms with Gasteiger partial charge in [-0.05, 0) is 18.6 Å². The van der Waals surface area contributed by atoms with Crippen molar-refractivity contribution in [3.05, 3.63) is 47.5 Å². The first-order valence-electron chi connectivity index (χ1n) is 8.59. The molecule has 3 rings (SSSR count). The number of amides is 1. The Hall–Kier alpha value is -2.25. The second kappa shape index (κ2) is 8.22. The third-order valence-electron chi connectivity index (χ3n) is 4.35. The van der Waals surface area contributed by atoms with Gasteiger partial charge in [-0.25, -0.2) is 4.98 Å². The van der Waals surface area contributed by atoms with Crippen LogP contribution in [0.25, 0.3) is 0 Å². The van der Waals surface area contributed by atoms with Crippen molar-refractivity contribution < 1.29 is 9.53 Å². The first-order chi connectivity index (χ1) is 12.1. The number of carbonyl (C=O) groups is 1. The SMILES string of the molecule is CNC(=O)c1cccc(C[C@@H]2COCCN(Cc3cnn(C)c3)C2)n1. The van der Waals surface area contributed by atoms with Gasteiger partial charge < -0.3 is 10.1 Å². The number of hydrogen-bond donors (Lipinski definition) is 1. The first kappa shape index (κ1) is 17.6. The van der Waals surface area contributed by atoms with Crippen molar-refractivity contribution in [2.75, 3.05) is 33.4 Å². The zero-order valence-corrected chi connectivity index (χ0v) is 14.8. The Bertz CT molecular complexity index is 715. The summed E-state index contributed by atoms with van der Waals surface area (Å²) in [6.45, 7) is 4.19. The predicted octanol–water partition coefficient (Wildman–Crippen LogP) is 0.866. The number of aryl methyl sites for hydroxylation is 1. The highest BCUT2D eigenvalue weighted by atomic mass is 16.5. The molecule has 1 aliphatic heterocycles. The van der Waals surface area contributed by atoms with Gasteiger partial charge in [0.25, 0.3) is 5.91 Å². The van der Waals surface area contributed by atoms with E-state index in [1.807, 2.05) is 30.1 Å². The van der Waals surface area contributed by atoms with Crippen LogP contribution in [-0.2, 0) is 24.8 Å². The number of hydrogen-bond acceptors (Lipinski definition) is 5. The molecule has 7 nitrogen and oxygen atoms in total. The maximum Gasteiger partial charge on any atom is 0.269 e. The van der Waals surface area contributed by atoms with Crippen LogP contribution < -0.4 is 5.32 Å². The molecular formula is C18H25N5O2. The van der Waals surface area contributed by atoms with Crippen LogP contribution >= 0.6 is 0 Å². The molecule has 0 bridgehead atoms. The fraction of sp³-hybridized carbons (Fsp3) is 0.500. The number of nitrogens with one attached hydrogen (secondary N) is 1. The minimum absolute atomic E-state index is 0.155. The molecule has 0 saturated carbocycles. The van der Waals surface area contributed by atoms with E-state index in [1.54, 1.807) is 13.1 Å². The van der Waals surface area contributed by atoms with Gasteiger partial charge in [-0.2, -0.15) is 5.10 Å². The summed E-state index contributed by atoms with van der Waals surface area (Å²) in [5.74, 6) is 0.198. The zero-order chi connectivity index (χ0) is 17.6. The van der Waals surface area contributed by atoms with E-state index in [-0.39, 0.29) is 5.91 Å². The average Bonchev–Trinajstić information content (AvgIpc) is 2.89. The standard InChI is InChI=1S/C18H25N5O2/c1-19-18(24)17-5-3-4-16(21-17)8-14-11-23(6-7-25-13-14)12-15-9-20-22(2)10-15/h3-5,9-10,14H,6-8,11-13H2,1-2H3,(H,19,24)/t14-/m0/s1. The van der Waals surface area contributed by atoms with Gasteiger partial charge >= 0.3 is 0 Å². The summed E-state index contributed by atoms with van der Waals surface area (Å²) >= 11 is 0. The summed E-state index contributed by atoms with van der Waals surface area (Å²) in [6, 6.07) is 5.60. The topological polar surface area (TPSA) is 72.3 Å². The molecule has 1 fully saturated rings. The molecular weight excluding hydrogens is 318 g/mol. The van der Waals surface area contributed by atoms with Crippen LogP contribution in [0, 0.1) is 5.92 Å². The molecule has 2 aromatic rings. The lowest BCUT2D eigenvalue weighted by atomic mass is 10.0. The van der Waals surface area contributed by atoms with Crippen LogP contribution in [-0.4, -0.2) is 58.9 Å². The van der Waals surface area contributed by atoms with Gasteiger partial charge in [-0.3, -0.25) is 14.4 Å². The minimum atomic E-state index is -0.155. The summed E-state index contributed by atoms with van der Waals surface area (Å²) in [4.78, 5) is 18.6. The number of aromatic nitrogens is 3. The van der Waals surface area contributed by atoms with E-state index in [4.69, 9.17) is 4.74 Å². The second-order valence-corrected chi connectivity index (χ2v) is 6.50. The number of carbonyl (C=O) groups excluding carboxylic acids is 1. The fourth-order valence-electron chi connectivity index (χ4n) is 3.18. The van der Waals surface area contributed by atoms with Crippen LogP contribution in [0.15, 0.2) is 30.6 Å². The van der Waals surface area contributed by atoms with Crippen LogP contribution in [0.4, 0.5) is 0 Å². The molecule has 1 aliphatic rings. The van der Waals surface area contributed by atoms with Gasteiger partial charge in [0, 0.05) is 57.1 Å². The van der Waals surface area contributed by atoms with Crippen molar-refractivity contribution in [3.8, 4) is 0 Å². The Morgan fingerprint density at radius 3 is 3.08 bits per heavy atom. The lowest BCUT2D eigenvalue weighted by Crippen LogP contribution is -2.30.